The molecule has 0 aliphatic carbocycles. The summed E-state index contributed by atoms with van der Waals surface area (Å²) in [4.78, 5) is 59.8. The van der Waals surface area contributed by atoms with Crippen molar-refractivity contribution in [2.45, 2.75) is 95.6 Å². The van der Waals surface area contributed by atoms with Gasteiger partial charge < -0.3 is 19.6 Å². The molecule has 0 spiro atoms. The van der Waals surface area contributed by atoms with Crippen molar-refractivity contribution in [3.63, 3.8) is 0 Å². The quantitative estimate of drug-likeness (QED) is 0.366. The summed E-state index contributed by atoms with van der Waals surface area (Å²) >= 11 is 0. The van der Waals surface area contributed by atoms with Gasteiger partial charge in [-0.15, -0.1) is 0 Å². The van der Waals surface area contributed by atoms with Crippen LogP contribution in [0.1, 0.15) is 74.8 Å². The lowest BCUT2D eigenvalue weighted by atomic mass is 9.90. The lowest BCUT2D eigenvalue weighted by Gasteiger charge is -2.41. The first kappa shape index (κ1) is 31.3. The van der Waals surface area contributed by atoms with Gasteiger partial charge in [0.1, 0.15) is 17.7 Å². The molecule has 9 heteroatoms. The first-order valence-electron chi connectivity index (χ1n) is 16.1. The Morgan fingerprint density at radius 3 is 2.13 bits per heavy atom. The van der Waals surface area contributed by atoms with E-state index < -0.39 is 29.7 Å². The molecule has 46 heavy (non-hydrogen) atoms. The van der Waals surface area contributed by atoms with Crippen LogP contribution in [0.2, 0.25) is 0 Å². The van der Waals surface area contributed by atoms with Crippen molar-refractivity contribution >= 4 is 29.6 Å². The molecule has 3 amide bonds. The third kappa shape index (κ3) is 6.23. The van der Waals surface area contributed by atoms with Crippen molar-refractivity contribution in [3.8, 4) is 0 Å². The van der Waals surface area contributed by atoms with Crippen LogP contribution in [0.4, 0.5) is 10.5 Å². The number of carbonyl (C=O) groups is 4. The lowest BCUT2D eigenvalue weighted by Crippen LogP contribution is -2.57. The fraction of sp³-hybridized carbons (Fsp3) is 0.405. The predicted molar refractivity (Wildman–Crippen MR) is 173 cm³/mol. The Balaban J connectivity index is 1.37. The van der Waals surface area contributed by atoms with E-state index in [-0.39, 0.29) is 30.3 Å². The summed E-state index contributed by atoms with van der Waals surface area (Å²) in [5.74, 6) is -1.39. The van der Waals surface area contributed by atoms with E-state index in [0.29, 0.717) is 44.3 Å². The molecule has 4 atom stereocenters. The highest BCUT2D eigenvalue weighted by molar-refractivity contribution is 6.02. The molecule has 3 aliphatic rings. The second-order valence-corrected chi connectivity index (χ2v) is 13.5. The predicted octanol–water partition coefficient (Wildman–Crippen LogP) is 5.90. The number of nitrogens with zero attached hydrogens (tertiary/aromatic N) is 3. The number of likely N-dealkylation sites (tertiary alicyclic amines) is 1. The number of carboxylic acids is 1. The SMILES string of the molecule is CC(C)(C)OC(=O)N1c2ccccc2C[C@@H]1C(=O)N1[C@@H](C(=O)N2Cc3ccccc3C[C@H]2CCC(=O)O)CC[C@H]1c1ccccc1. The highest BCUT2D eigenvalue weighted by atomic mass is 16.6. The molecular weight excluding hydrogens is 582 g/mol. The summed E-state index contributed by atoms with van der Waals surface area (Å²) in [7, 11) is 0. The Morgan fingerprint density at radius 1 is 0.783 bits per heavy atom. The third-order valence-electron chi connectivity index (χ3n) is 9.29. The van der Waals surface area contributed by atoms with Crippen molar-refractivity contribution in [1.82, 2.24) is 9.80 Å². The molecular formula is C37H41N3O6. The van der Waals surface area contributed by atoms with E-state index in [4.69, 9.17) is 4.74 Å². The average molecular weight is 624 g/mol. The Morgan fingerprint density at radius 2 is 1.43 bits per heavy atom. The number of hydrogen-bond acceptors (Lipinski definition) is 5. The molecule has 3 aromatic rings. The lowest BCUT2D eigenvalue weighted by molar-refractivity contribution is -0.149. The number of carboxylic acid groups (broad SMARTS) is 1. The minimum absolute atomic E-state index is 0.0538. The maximum Gasteiger partial charge on any atom is 0.415 e. The number of rotatable bonds is 6. The van der Waals surface area contributed by atoms with Gasteiger partial charge >= 0.3 is 12.1 Å². The number of aliphatic carboxylic acids is 1. The summed E-state index contributed by atoms with van der Waals surface area (Å²) in [6.45, 7) is 5.73. The second-order valence-electron chi connectivity index (χ2n) is 13.5. The van der Waals surface area contributed by atoms with Crippen LogP contribution in [0.15, 0.2) is 78.9 Å². The zero-order valence-electron chi connectivity index (χ0n) is 26.6. The maximum absolute atomic E-state index is 14.9. The van der Waals surface area contributed by atoms with Crippen molar-refractivity contribution < 1.29 is 29.0 Å². The largest absolute Gasteiger partial charge is 0.481 e. The molecule has 240 valence electrons. The van der Waals surface area contributed by atoms with E-state index in [1.807, 2.05) is 78.9 Å². The van der Waals surface area contributed by atoms with E-state index in [0.717, 1.165) is 22.3 Å². The molecule has 1 saturated heterocycles. The van der Waals surface area contributed by atoms with Gasteiger partial charge in [-0.3, -0.25) is 19.3 Å². The van der Waals surface area contributed by atoms with Gasteiger partial charge in [0.15, 0.2) is 0 Å². The maximum atomic E-state index is 14.9. The molecule has 3 aliphatic heterocycles. The van der Waals surface area contributed by atoms with Crippen LogP contribution >= 0.6 is 0 Å². The Labute approximate surface area is 269 Å². The minimum atomic E-state index is -0.906. The standard InChI is InChI=1S/C37H41N3O6/c1-37(2,3)46-36(45)40-29-16-10-9-14-26(29)22-32(40)35(44)39-30(24-11-5-4-6-12-24)18-19-31(39)34(43)38-23-27-15-8-7-13-25(27)21-28(38)17-20-33(41)42/h4-16,28,30-32H,17-23H2,1-3H3,(H,41,42)/t28-,30+,31-,32-/m1/s1. The monoisotopic (exact) mass is 623 g/mol. The molecule has 3 aromatic carbocycles. The van der Waals surface area contributed by atoms with Gasteiger partial charge in [-0.25, -0.2) is 4.79 Å². The van der Waals surface area contributed by atoms with Gasteiger partial charge in [0.05, 0.1) is 11.7 Å². The van der Waals surface area contributed by atoms with E-state index >= 15 is 0 Å². The number of ether oxygens (including phenoxy) is 1. The molecule has 0 aromatic heterocycles. The smallest absolute Gasteiger partial charge is 0.415 e. The zero-order valence-corrected chi connectivity index (χ0v) is 26.6. The summed E-state index contributed by atoms with van der Waals surface area (Å²) in [5.41, 5.74) is 3.80. The second kappa shape index (κ2) is 12.6. The molecule has 0 radical (unpaired) electrons. The van der Waals surface area contributed by atoms with Gasteiger partial charge in [-0.1, -0.05) is 72.8 Å². The van der Waals surface area contributed by atoms with E-state index in [2.05, 4.69) is 0 Å². The van der Waals surface area contributed by atoms with Crippen LogP contribution in [0.3, 0.4) is 0 Å². The van der Waals surface area contributed by atoms with Crippen molar-refractivity contribution in [3.05, 3.63) is 101 Å². The third-order valence-corrected chi connectivity index (χ3v) is 9.29. The number of benzene rings is 3. The fourth-order valence-electron chi connectivity index (χ4n) is 7.24. The molecule has 0 bridgehead atoms. The number of anilines is 1. The summed E-state index contributed by atoms with van der Waals surface area (Å²) in [6, 6.07) is 22.8. The van der Waals surface area contributed by atoms with Gasteiger partial charge in [-0.05, 0) is 74.8 Å². The van der Waals surface area contributed by atoms with Gasteiger partial charge in [0, 0.05) is 25.4 Å². The summed E-state index contributed by atoms with van der Waals surface area (Å²) < 4.78 is 5.79. The summed E-state index contributed by atoms with van der Waals surface area (Å²) in [6.07, 6.45) is 1.58. The highest BCUT2D eigenvalue weighted by Gasteiger charge is 2.50. The van der Waals surface area contributed by atoms with Crippen molar-refractivity contribution in [2.75, 3.05) is 4.90 Å². The molecule has 0 saturated carbocycles. The van der Waals surface area contributed by atoms with Crippen LogP contribution < -0.4 is 4.90 Å². The molecule has 0 unspecified atom stereocenters. The fourth-order valence-corrected chi connectivity index (χ4v) is 7.24. The van der Waals surface area contributed by atoms with Crippen molar-refractivity contribution in [1.29, 1.82) is 0 Å². The van der Waals surface area contributed by atoms with E-state index in [9.17, 15) is 24.3 Å². The van der Waals surface area contributed by atoms with Gasteiger partial charge in [0.2, 0.25) is 11.8 Å². The number of fused-ring (bicyclic) bond motifs is 2. The topological polar surface area (TPSA) is 107 Å². The van der Waals surface area contributed by atoms with Crippen LogP contribution in [-0.2, 0) is 38.5 Å². The molecule has 6 rings (SSSR count). The van der Waals surface area contributed by atoms with E-state index in [1.54, 1.807) is 30.6 Å². The highest BCUT2D eigenvalue weighted by Crippen LogP contribution is 2.42. The first-order chi connectivity index (χ1) is 22.0. The Bertz CT molecular complexity index is 1630. The minimum Gasteiger partial charge on any atom is -0.481 e. The molecule has 1 N–H and O–H groups in total. The van der Waals surface area contributed by atoms with Gasteiger partial charge in [-0.2, -0.15) is 0 Å². The average Bonchev–Trinajstić information content (AvgIpc) is 3.65. The number of hydrogen-bond donors (Lipinski definition) is 1. The van der Waals surface area contributed by atoms with Crippen LogP contribution in [0.25, 0.3) is 0 Å². The number of carbonyl (C=O) groups excluding carboxylic acids is 3. The van der Waals surface area contributed by atoms with Crippen LogP contribution in [0, 0.1) is 0 Å². The van der Waals surface area contributed by atoms with Crippen molar-refractivity contribution in [2.24, 2.45) is 0 Å². The summed E-state index contributed by atoms with van der Waals surface area (Å²) in [5, 5.41) is 9.49. The zero-order chi connectivity index (χ0) is 32.6. The Hall–Kier alpha value is -4.66. The van der Waals surface area contributed by atoms with Crippen LogP contribution in [-0.4, -0.2) is 62.5 Å². The van der Waals surface area contributed by atoms with E-state index in [1.165, 1.54) is 4.90 Å². The molecule has 1 fully saturated rings. The molecule has 9 nitrogen and oxygen atoms in total. The number of para-hydroxylation sites is 1. The number of amides is 3. The van der Waals surface area contributed by atoms with Crippen LogP contribution in [0.5, 0.6) is 0 Å². The molecule has 3 heterocycles. The normalized spacial score (nSPS) is 22.3. The Kier molecular flexibility index (Phi) is 8.59. The van der Waals surface area contributed by atoms with Gasteiger partial charge in [0.25, 0.3) is 0 Å². The first-order valence-corrected chi connectivity index (χ1v) is 16.1.